The van der Waals surface area contributed by atoms with Gasteiger partial charge in [-0.3, -0.25) is 4.79 Å². The van der Waals surface area contributed by atoms with Crippen molar-refractivity contribution in [2.45, 2.75) is 6.92 Å². The maximum Gasteiger partial charge on any atom is 0.267 e. The van der Waals surface area contributed by atoms with Gasteiger partial charge >= 0.3 is 0 Å². The molecule has 0 spiro atoms. The van der Waals surface area contributed by atoms with E-state index in [1.165, 1.54) is 11.3 Å². The zero-order valence-electron chi connectivity index (χ0n) is 11.5. The average molecular weight is 294 g/mol. The Morgan fingerprint density at radius 3 is 2.71 bits per heavy atom. The summed E-state index contributed by atoms with van der Waals surface area (Å²) in [6.45, 7) is 1.97. The van der Waals surface area contributed by atoms with Crippen molar-refractivity contribution in [3.05, 3.63) is 70.5 Å². The van der Waals surface area contributed by atoms with Gasteiger partial charge in [0.05, 0.1) is 0 Å². The molecule has 1 aromatic carbocycles. The fourth-order valence-corrected chi connectivity index (χ4v) is 2.92. The number of pyridine rings is 1. The number of carbonyl (C=O) groups is 1. The first-order valence-corrected chi connectivity index (χ1v) is 7.49. The number of amides is 1. The highest BCUT2D eigenvalue weighted by atomic mass is 32.1. The van der Waals surface area contributed by atoms with Crippen LogP contribution in [-0.4, -0.2) is 10.9 Å². The van der Waals surface area contributed by atoms with Crippen LogP contribution >= 0.6 is 11.3 Å². The molecule has 4 heteroatoms. The third-order valence-electron chi connectivity index (χ3n) is 3.11. The molecule has 3 nitrogen and oxygen atoms in total. The highest BCUT2D eigenvalue weighted by Gasteiger charge is 2.15. The highest BCUT2D eigenvalue weighted by molar-refractivity contribution is 7.12. The minimum Gasteiger partial charge on any atom is -0.306 e. The number of rotatable bonds is 3. The van der Waals surface area contributed by atoms with Crippen molar-refractivity contribution in [1.29, 1.82) is 0 Å². The summed E-state index contributed by atoms with van der Waals surface area (Å²) in [4.78, 5) is 17.3. The molecular formula is C17H14N2OS. The van der Waals surface area contributed by atoms with Crippen LogP contribution in [0.1, 0.15) is 15.2 Å². The zero-order chi connectivity index (χ0) is 14.7. The van der Waals surface area contributed by atoms with Gasteiger partial charge in [-0.2, -0.15) is 0 Å². The Balaban J connectivity index is 1.88. The van der Waals surface area contributed by atoms with Crippen molar-refractivity contribution < 1.29 is 4.79 Å². The third kappa shape index (κ3) is 3.01. The number of benzene rings is 1. The van der Waals surface area contributed by atoms with Crippen LogP contribution in [0.15, 0.2) is 60.1 Å². The molecule has 1 amide bonds. The Morgan fingerprint density at radius 2 is 1.95 bits per heavy atom. The smallest absolute Gasteiger partial charge is 0.267 e. The highest BCUT2D eigenvalue weighted by Crippen LogP contribution is 2.28. The second kappa shape index (κ2) is 5.89. The van der Waals surface area contributed by atoms with Crippen molar-refractivity contribution in [3.63, 3.8) is 0 Å². The van der Waals surface area contributed by atoms with Gasteiger partial charge in [-0.05, 0) is 41.6 Å². The number of anilines is 1. The normalized spacial score (nSPS) is 10.3. The molecular weight excluding hydrogens is 280 g/mol. The summed E-state index contributed by atoms with van der Waals surface area (Å²) >= 11 is 1.44. The fraction of sp³-hybridized carbons (Fsp3) is 0.0588. The molecule has 0 bridgehead atoms. The van der Waals surface area contributed by atoms with Crippen LogP contribution in [0.4, 0.5) is 5.82 Å². The monoisotopic (exact) mass is 294 g/mol. The van der Waals surface area contributed by atoms with E-state index in [1.54, 1.807) is 6.20 Å². The molecule has 1 N–H and O–H groups in total. The van der Waals surface area contributed by atoms with Crippen LogP contribution in [0.3, 0.4) is 0 Å². The number of aromatic nitrogens is 1. The van der Waals surface area contributed by atoms with Gasteiger partial charge in [0.1, 0.15) is 10.7 Å². The lowest BCUT2D eigenvalue weighted by Crippen LogP contribution is -2.12. The second-order valence-electron chi connectivity index (χ2n) is 4.70. The predicted octanol–water partition coefficient (Wildman–Crippen LogP) is 4.37. The summed E-state index contributed by atoms with van der Waals surface area (Å²) in [7, 11) is 0. The number of carbonyl (C=O) groups excluding carboxylic acids is 1. The number of thiophene rings is 1. The molecule has 3 aromatic rings. The molecule has 0 atom stereocenters. The van der Waals surface area contributed by atoms with Gasteiger partial charge in [-0.1, -0.05) is 30.3 Å². The number of hydrogen-bond donors (Lipinski definition) is 1. The third-order valence-corrected chi connectivity index (χ3v) is 4.03. The van der Waals surface area contributed by atoms with Crippen molar-refractivity contribution in [2.75, 3.05) is 5.32 Å². The van der Waals surface area contributed by atoms with E-state index in [1.807, 2.05) is 60.8 Å². The zero-order valence-corrected chi connectivity index (χ0v) is 12.4. The largest absolute Gasteiger partial charge is 0.306 e. The minimum atomic E-state index is -0.123. The molecule has 0 aliphatic rings. The molecule has 21 heavy (non-hydrogen) atoms. The fourth-order valence-electron chi connectivity index (χ4n) is 2.11. The molecule has 3 rings (SSSR count). The average Bonchev–Trinajstić information content (AvgIpc) is 2.98. The molecule has 104 valence electrons. The first-order valence-electron chi connectivity index (χ1n) is 6.61. The lowest BCUT2D eigenvalue weighted by molar-refractivity contribution is 0.103. The van der Waals surface area contributed by atoms with E-state index in [9.17, 15) is 4.79 Å². The predicted molar refractivity (Wildman–Crippen MR) is 86.7 cm³/mol. The molecule has 0 fully saturated rings. The van der Waals surface area contributed by atoms with Gasteiger partial charge in [0.25, 0.3) is 5.91 Å². The topological polar surface area (TPSA) is 42.0 Å². The number of aryl methyl sites for hydroxylation is 1. The minimum absolute atomic E-state index is 0.123. The van der Waals surface area contributed by atoms with Crippen LogP contribution in [-0.2, 0) is 0 Å². The Bertz CT molecular complexity index is 765. The summed E-state index contributed by atoms with van der Waals surface area (Å²) in [6, 6.07) is 15.6. The van der Waals surface area contributed by atoms with E-state index in [0.717, 1.165) is 16.7 Å². The van der Waals surface area contributed by atoms with Gasteiger partial charge in [0.15, 0.2) is 0 Å². The van der Waals surface area contributed by atoms with Crippen molar-refractivity contribution in [1.82, 2.24) is 4.98 Å². The van der Waals surface area contributed by atoms with Gasteiger partial charge in [-0.25, -0.2) is 4.98 Å². The summed E-state index contributed by atoms with van der Waals surface area (Å²) < 4.78 is 0. The van der Waals surface area contributed by atoms with Crippen molar-refractivity contribution >= 4 is 23.1 Å². The number of hydrogen-bond acceptors (Lipinski definition) is 3. The summed E-state index contributed by atoms with van der Waals surface area (Å²) in [5, 5.41) is 4.79. The number of nitrogens with one attached hydrogen (secondary N) is 1. The molecule has 0 radical (unpaired) electrons. The van der Waals surface area contributed by atoms with Gasteiger partial charge in [0.2, 0.25) is 0 Å². The lowest BCUT2D eigenvalue weighted by atomic mass is 10.1. The van der Waals surface area contributed by atoms with Crippen LogP contribution in [0.25, 0.3) is 11.1 Å². The van der Waals surface area contributed by atoms with Crippen molar-refractivity contribution in [2.24, 2.45) is 0 Å². The van der Waals surface area contributed by atoms with Crippen LogP contribution in [0.5, 0.6) is 0 Å². The standard InChI is InChI=1S/C17H14N2OS/c1-12-7-9-18-15(11-12)19-17(20)16-14(8-10-21-16)13-5-3-2-4-6-13/h2-11H,1H3,(H,18,19,20). The Hall–Kier alpha value is -2.46. The summed E-state index contributed by atoms with van der Waals surface area (Å²) in [6.07, 6.45) is 1.69. The first-order chi connectivity index (χ1) is 10.2. The van der Waals surface area contributed by atoms with E-state index in [-0.39, 0.29) is 5.91 Å². The first kappa shape index (κ1) is 13.5. The lowest BCUT2D eigenvalue weighted by Gasteiger charge is -2.06. The van der Waals surface area contributed by atoms with Gasteiger partial charge in [-0.15, -0.1) is 11.3 Å². The Morgan fingerprint density at radius 1 is 1.14 bits per heavy atom. The summed E-state index contributed by atoms with van der Waals surface area (Å²) in [5.74, 6) is 0.453. The Labute approximate surface area is 127 Å². The maximum atomic E-state index is 12.4. The quantitative estimate of drug-likeness (QED) is 0.779. The molecule has 0 saturated carbocycles. The Kier molecular flexibility index (Phi) is 3.79. The van der Waals surface area contributed by atoms with E-state index in [2.05, 4.69) is 10.3 Å². The number of nitrogens with zero attached hydrogens (tertiary/aromatic N) is 1. The molecule has 0 unspecified atom stereocenters. The van der Waals surface area contributed by atoms with Crippen molar-refractivity contribution in [3.8, 4) is 11.1 Å². The van der Waals surface area contributed by atoms with Crippen LogP contribution < -0.4 is 5.32 Å². The molecule has 2 aromatic heterocycles. The van der Waals surface area contributed by atoms with Crippen LogP contribution in [0.2, 0.25) is 0 Å². The van der Waals surface area contributed by atoms with E-state index >= 15 is 0 Å². The molecule has 0 aliphatic heterocycles. The second-order valence-corrected chi connectivity index (χ2v) is 5.62. The molecule has 0 saturated heterocycles. The van der Waals surface area contributed by atoms with E-state index < -0.39 is 0 Å². The maximum absolute atomic E-state index is 12.4. The van der Waals surface area contributed by atoms with Crippen LogP contribution in [0, 0.1) is 6.92 Å². The van der Waals surface area contributed by atoms with Gasteiger partial charge < -0.3 is 5.32 Å². The molecule has 0 aliphatic carbocycles. The van der Waals surface area contributed by atoms with E-state index in [0.29, 0.717) is 10.7 Å². The summed E-state index contributed by atoms with van der Waals surface area (Å²) in [5.41, 5.74) is 3.06. The van der Waals surface area contributed by atoms with Gasteiger partial charge in [0, 0.05) is 11.8 Å². The molecule has 2 heterocycles. The van der Waals surface area contributed by atoms with E-state index in [4.69, 9.17) is 0 Å². The SMILES string of the molecule is Cc1ccnc(NC(=O)c2sccc2-c2ccccc2)c1.